The minimum atomic E-state index is 0. The molecule has 29 heavy (non-hydrogen) atoms. The molecule has 4 heterocycles. The van der Waals surface area contributed by atoms with Gasteiger partial charge in [0, 0.05) is 0 Å². The molecule has 0 aromatic heterocycles. The van der Waals surface area contributed by atoms with Crippen molar-refractivity contribution in [3.63, 3.8) is 0 Å². The zero-order chi connectivity index (χ0) is 20.5. The Labute approximate surface area is 195 Å². The number of hydrogen-bond acceptors (Lipinski definition) is 4. The number of piperidine rings is 4. The summed E-state index contributed by atoms with van der Waals surface area (Å²) in [4.78, 5) is 8.57. The molecule has 0 aliphatic carbocycles. The van der Waals surface area contributed by atoms with Crippen molar-refractivity contribution >= 4 is 0 Å². The predicted octanol–water partition coefficient (Wildman–Crippen LogP) is 5.05. The van der Waals surface area contributed by atoms with Crippen LogP contribution in [0.1, 0.15) is 77.0 Å². The van der Waals surface area contributed by atoms with Crippen LogP contribution < -0.4 is 0 Å². The number of rotatable bonds is 0. The maximum atomic E-state index is 3.83. The molecule has 4 saturated heterocycles. The van der Waals surface area contributed by atoms with Crippen LogP contribution in [0.3, 0.4) is 0 Å². The Hall–Kier alpha value is 0.424. The van der Waals surface area contributed by atoms with Crippen LogP contribution in [0.4, 0.5) is 0 Å². The van der Waals surface area contributed by atoms with Crippen molar-refractivity contribution in [3.05, 3.63) is 28.2 Å². The molecule has 0 aromatic rings. The Bertz CT molecular complexity index is 255. The second-order valence-electron chi connectivity index (χ2n) is 8.71. The molecule has 0 aromatic carbocycles. The largest absolute Gasteiger partial charge is 4.00 e. The summed E-state index contributed by atoms with van der Waals surface area (Å²) >= 11 is 0. The summed E-state index contributed by atoms with van der Waals surface area (Å²) in [5, 5.41) is 0. The van der Waals surface area contributed by atoms with Gasteiger partial charge in [0.25, 0.3) is 0 Å². The van der Waals surface area contributed by atoms with E-state index < -0.39 is 0 Å². The first-order chi connectivity index (χ1) is 13.6. The minimum Gasteiger partial charge on any atom is -0.459 e. The van der Waals surface area contributed by atoms with Crippen molar-refractivity contribution in [1.82, 2.24) is 19.6 Å². The molecule has 4 aliphatic rings. The smallest absolute Gasteiger partial charge is 0.459 e. The third kappa shape index (κ3) is 18.9. The first kappa shape index (κ1) is 29.4. The van der Waals surface area contributed by atoms with Gasteiger partial charge in [-0.25, -0.2) is 0 Å². The van der Waals surface area contributed by atoms with Gasteiger partial charge in [0.15, 0.2) is 0 Å². The van der Waals surface area contributed by atoms with Gasteiger partial charge in [-0.1, -0.05) is 25.7 Å². The molecule has 5 heteroatoms. The minimum absolute atomic E-state index is 0. The average molecular weight is 444 g/mol. The normalized spacial score (nSPS) is 24.4. The fourth-order valence-electron chi connectivity index (χ4n) is 3.84. The van der Waals surface area contributed by atoms with Crippen LogP contribution in [0.25, 0.3) is 0 Å². The Morgan fingerprint density at radius 2 is 0.414 bits per heavy atom. The quantitative estimate of drug-likeness (QED) is 0.486. The van der Waals surface area contributed by atoms with Crippen LogP contribution in [-0.4, -0.2) is 72.0 Å². The molecule has 4 fully saturated rings. The zero-order valence-corrected chi connectivity index (χ0v) is 20.6. The summed E-state index contributed by atoms with van der Waals surface area (Å²) in [5.74, 6) is 0. The molecular formula is C24H48N4V. The summed E-state index contributed by atoms with van der Waals surface area (Å²) < 4.78 is 0. The molecule has 1 radical (unpaired) electrons. The monoisotopic (exact) mass is 443 g/mol. The summed E-state index contributed by atoms with van der Waals surface area (Å²) in [6.45, 7) is 9.67. The van der Waals surface area contributed by atoms with Crippen LogP contribution in [0.2, 0.25) is 0 Å². The van der Waals surface area contributed by atoms with E-state index >= 15 is 0 Å². The maximum Gasteiger partial charge on any atom is 4.00 e. The van der Waals surface area contributed by atoms with Gasteiger partial charge in [0.2, 0.25) is 0 Å². The van der Waals surface area contributed by atoms with Gasteiger partial charge in [0.05, 0.1) is 0 Å². The standard InChI is InChI=1S/4C6H12N.V/c4*1-7-5-3-2-4-6-7;/h4*1-6H2;/q4*-1;+4. The second-order valence-corrected chi connectivity index (χ2v) is 8.71. The average Bonchev–Trinajstić information content (AvgIpc) is 2.72. The molecule has 0 N–H and O–H groups in total. The zero-order valence-electron chi connectivity index (χ0n) is 19.2. The molecule has 0 unspecified atom stereocenters. The van der Waals surface area contributed by atoms with Crippen molar-refractivity contribution in [2.75, 3.05) is 52.4 Å². The molecule has 0 atom stereocenters. The Morgan fingerprint density at radius 3 is 0.483 bits per heavy atom. The van der Waals surface area contributed by atoms with Gasteiger partial charge in [-0.3, -0.25) is 28.2 Å². The number of nitrogens with zero attached hydrogens (tertiary/aromatic N) is 4. The molecule has 4 rings (SSSR count). The van der Waals surface area contributed by atoms with Crippen molar-refractivity contribution in [2.24, 2.45) is 0 Å². The maximum absolute atomic E-state index is 3.83. The molecule has 0 saturated carbocycles. The van der Waals surface area contributed by atoms with Crippen LogP contribution >= 0.6 is 0 Å². The Balaban J connectivity index is 0.000000356. The first-order valence-corrected chi connectivity index (χ1v) is 11.8. The first-order valence-electron chi connectivity index (χ1n) is 11.8. The predicted molar refractivity (Wildman–Crippen MR) is 123 cm³/mol. The Kier molecular flexibility index (Phi) is 20.6. The SMILES string of the molecule is [CH2-]N1CCCCC1.[CH2-]N1CCCCC1.[CH2-]N1CCCCC1.[CH2-]N1CCCCC1.[V+4]. The second kappa shape index (κ2) is 20.3. The summed E-state index contributed by atoms with van der Waals surface area (Å²) in [5.41, 5.74) is 0. The molecular weight excluding hydrogens is 395 g/mol. The molecule has 4 aliphatic heterocycles. The van der Waals surface area contributed by atoms with Gasteiger partial charge in [-0.15, -0.1) is 0 Å². The molecule has 4 nitrogen and oxygen atoms in total. The fourth-order valence-corrected chi connectivity index (χ4v) is 3.84. The van der Waals surface area contributed by atoms with Crippen LogP contribution in [0, 0.1) is 28.2 Å². The molecule has 0 spiro atoms. The van der Waals surface area contributed by atoms with E-state index in [1.807, 2.05) is 0 Å². The third-order valence-corrected chi connectivity index (χ3v) is 5.79. The van der Waals surface area contributed by atoms with E-state index in [0.717, 1.165) is 0 Å². The summed E-state index contributed by atoms with van der Waals surface area (Å²) in [7, 11) is 15.3. The van der Waals surface area contributed by atoms with Gasteiger partial charge in [-0.05, 0) is 104 Å². The van der Waals surface area contributed by atoms with Crippen molar-refractivity contribution < 1.29 is 18.6 Å². The van der Waals surface area contributed by atoms with E-state index in [4.69, 9.17) is 0 Å². The van der Waals surface area contributed by atoms with E-state index in [-0.39, 0.29) is 18.6 Å². The molecule has 0 amide bonds. The van der Waals surface area contributed by atoms with Gasteiger partial charge < -0.3 is 19.6 Å². The Morgan fingerprint density at radius 1 is 0.276 bits per heavy atom. The third-order valence-electron chi connectivity index (χ3n) is 5.79. The van der Waals surface area contributed by atoms with Gasteiger partial charge in [0.1, 0.15) is 0 Å². The fraction of sp³-hybridized carbons (Fsp3) is 0.833. The number of likely N-dealkylation sites (tertiary alicyclic amines) is 4. The topological polar surface area (TPSA) is 13.0 Å². The number of hydrogen-bond donors (Lipinski definition) is 0. The van der Waals surface area contributed by atoms with Crippen LogP contribution in [0.15, 0.2) is 0 Å². The van der Waals surface area contributed by atoms with Crippen molar-refractivity contribution in [3.8, 4) is 0 Å². The van der Waals surface area contributed by atoms with E-state index in [1.165, 1.54) is 129 Å². The van der Waals surface area contributed by atoms with E-state index in [2.05, 4.69) is 47.8 Å². The molecule has 169 valence electrons. The summed E-state index contributed by atoms with van der Waals surface area (Å²) in [6, 6.07) is 0. The van der Waals surface area contributed by atoms with Gasteiger partial charge in [-0.2, -0.15) is 0 Å². The van der Waals surface area contributed by atoms with Crippen LogP contribution in [0.5, 0.6) is 0 Å². The van der Waals surface area contributed by atoms with Crippen molar-refractivity contribution in [2.45, 2.75) is 77.0 Å². The van der Waals surface area contributed by atoms with E-state index in [9.17, 15) is 0 Å². The van der Waals surface area contributed by atoms with Crippen molar-refractivity contribution in [1.29, 1.82) is 0 Å². The van der Waals surface area contributed by atoms with Gasteiger partial charge >= 0.3 is 18.6 Å². The van der Waals surface area contributed by atoms with E-state index in [1.54, 1.807) is 0 Å². The van der Waals surface area contributed by atoms with E-state index in [0.29, 0.717) is 0 Å². The summed E-state index contributed by atoms with van der Waals surface area (Å²) in [6.07, 6.45) is 16.4. The van der Waals surface area contributed by atoms with Crippen LogP contribution in [-0.2, 0) is 18.6 Å². The molecule has 0 bridgehead atoms.